The van der Waals surface area contributed by atoms with Crippen LogP contribution in [-0.4, -0.2) is 36.4 Å². The first kappa shape index (κ1) is 52.4. The molecular formula is C49H92O5. The Labute approximate surface area is 336 Å². The molecule has 1 unspecified atom stereocenters. The van der Waals surface area contributed by atoms with Crippen molar-refractivity contribution < 1.29 is 24.2 Å². The lowest BCUT2D eigenvalue weighted by molar-refractivity contribution is -0.161. The molecule has 1 N–H and O–H groups in total. The molecule has 0 aromatic heterocycles. The Kier molecular flexibility index (Phi) is 44.4. The minimum atomic E-state index is -0.769. The van der Waals surface area contributed by atoms with Crippen LogP contribution in [0.5, 0.6) is 0 Å². The molecule has 318 valence electrons. The first-order valence-corrected chi connectivity index (χ1v) is 23.9. The Morgan fingerprint density at radius 2 is 0.741 bits per heavy atom. The fraction of sp³-hybridized carbons (Fsp3) is 0.878. The zero-order valence-electron chi connectivity index (χ0n) is 36.3. The highest BCUT2D eigenvalue weighted by Crippen LogP contribution is 2.16. The fourth-order valence-electron chi connectivity index (χ4n) is 7.12. The molecule has 0 amide bonds. The molecule has 1 atom stereocenters. The number of aliphatic hydroxyl groups is 1. The number of ether oxygens (including phenoxy) is 2. The highest BCUT2D eigenvalue weighted by molar-refractivity contribution is 5.70. The molecule has 0 saturated carbocycles. The standard InChI is InChI=1S/C49H92O5/c1-3-5-7-9-11-13-15-17-19-21-23-24-26-28-30-32-34-36-38-40-42-44-49(52)54-47(45-50)46-53-48(51)43-41-39-37-35-33-31-29-27-25-22-20-18-16-14-12-10-8-6-4-2/h12,14,18,20,47,50H,3-11,13,15-17,19,21-46H2,1-2H3. The number of carbonyl (C=O) groups is 2. The first-order chi connectivity index (χ1) is 26.6. The van der Waals surface area contributed by atoms with Gasteiger partial charge in [0.05, 0.1) is 6.61 Å². The van der Waals surface area contributed by atoms with E-state index in [1.807, 2.05) is 0 Å². The number of carbonyl (C=O) groups excluding carboxylic acids is 2. The molecule has 0 radical (unpaired) electrons. The summed E-state index contributed by atoms with van der Waals surface area (Å²) in [4.78, 5) is 24.4. The molecule has 0 heterocycles. The van der Waals surface area contributed by atoms with Crippen molar-refractivity contribution in [1.82, 2.24) is 0 Å². The van der Waals surface area contributed by atoms with E-state index in [-0.39, 0.29) is 25.2 Å². The van der Waals surface area contributed by atoms with Crippen LogP contribution in [0.15, 0.2) is 24.3 Å². The molecule has 5 heteroatoms. The Balaban J connectivity index is 3.47. The van der Waals surface area contributed by atoms with Crippen LogP contribution in [0.4, 0.5) is 0 Å². The van der Waals surface area contributed by atoms with E-state index < -0.39 is 6.10 Å². The molecule has 0 bridgehead atoms. The zero-order valence-corrected chi connectivity index (χ0v) is 36.3. The van der Waals surface area contributed by atoms with Gasteiger partial charge in [-0.3, -0.25) is 9.59 Å². The molecule has 0 aliphatic rings. The molecule has 0 aromatic carbocycles. The molecule has 0 spiro atoms. The molecule has 0 rings (SSSR count). The van der Waals surface area contributed by atoms with Gasteiger partial charge in [-0.15, -0.1) is 0 Å². The number of rotatable bonds is 44. The summed E-state index contributed by atoms with van der Waals surface area (Å²) in [5.74, 6) is -0.581. The van der Waals surface area contributed by atoms with Gasteiger partial charge in [0.25, 0.3) is 0 Å². The summed E-state index contributed by atoms with van der Waals surface area (Å²) in [5.41, 5.74) is 0. The van der Waals surface area contributed by atoms with Crippen molar-refractivity contribution in [2.75, 3.05) is 13.2 Å². The normalized spacial score (nSPS) is 12.3. The third-order valence-electron chi connectivity index (χ3n) is 10.7. The summed E-state index contributed by atoms with van der Waals surface area (Å²) in [7, 11) is 0. The predicted molar refractivity (Wildman–Crippen MR) is 233 cm³/mol. The van der Waals surface area contributed by atoms with E-state index >= 15 is 0 Å². The van der Waals surface area contributed by atoms with E-state index in [0.29, 0.717) is 12.8 Å². The number of hydrogen-bond acceptors (Lipinski definition) is 5. The lowest BCUT2D eigenvalue weighted by Gasteiger charge is -2.15. The second-order valence-electron chi connectivity index (χ2n) is 16.2. The second-order valence-corrected chi connectivity index (χ2v) is 16.2. The molecule has 0 saturated heterocycles. The Morgan fingerprint density at radius 3 is 1.13 bits per heavy atom. The van der Waals surface area contributed by atoms with E-state index in [2.05, 4.69) is 38.2 Å². The summed E-state index contributed by atoms with van der Waals surface area (Å²) in [5, 5.41) is 9.61. The van der Waals surface area contributed by atoms with Gasteiger partial charge in [-0.05, 0) is 44.9 Å². The minimum Gasteiger partial charge on any atom is -0.462 e. The van der Waals surface area contributed by atoms with E-state index in [4.69, 9.17) is 9.47 Å². The molecule has 0 aliphatic heterocycles. The summed E-state index contributed by atoms with van der Waals surface area (Å²) < 4.78 is 10.7. The maximum Gasteiger partial charge on any atom is 0.306 e. The number of esters is 2. The maximum absolute atomic E-state index is 12.2. The Hall–Kier alpha value is -1.62. The molecule has 0 aliphatic carbocycles. The van der Waals surface area contributed by atoms with Crippen molar-refractivity contribution >= 4 is 11.9 Å². The first-order valence-electron chi connectivity index (χ1n) is 23.9. The summed E-state index contributed by atoms with van der Waals surface area (Å²) >= 11 is 0. The minimum absolute atomic E-state index is 0.0631. The van der Waals surface area contributed by atoms with Gasteiger partial charge in [0.15, 0.2) is 6.10 Å². The Bertz CT molecular complexity index is 821. The summed E-state index contributed by atoms with van der Waals surface area (Å²) in [6, 6.07) is 0. The number of aliphatic hydroxyl groups excluding tert-OH is 1. The highest BCUT2D eigenvalue weighted by atomic mass is 16.6. The van der Waals surface area contributed by atoms with Gasteiger partial charge in [-0.2, -0.15) is 0 Å². The van der Waals surface area contributed by atoms with Crippen LogP contribution in [0.3, 0.4) is 0 Å². The van der Waals surface area contributed by atoms with Crippen molar-refractivity contribution in [2.24, 2.45) is 0 Å². The van der Waals surface area contributed by atoms with E-state index in [0.717, 1.165) is 44.9 Å². The van der Waals surface area contributed by atoms with Gasteiger partial charge < -0.3 is 14.6 Å². The van der Waals surface area contributed by atoms with Gasteiger partial charge in [0.2, 0.25) is 0 Å². The lowest BCUT2D eigenvalue weighted by atomic mass is 10.0. The van der Waals surface area contributed by atoms with Crippen LogP contribution in [0.1, 0.15) is 258 Å². The monoisotopic (exact) mass is 761 g/mol. The van der Waals surface area contributed by atoms with Crippen LogP contribution in [-0.2, 0) is 19.1 Å². The van der Waals surface area contributed by atoms with Crippen LogP contribution < -0.4 is 0 Å². The number of unbranched alkanes of at least 4 members (excludes halogenated alkanes) is 32. The van der Waals surface area contributed by atoms with Gasteiger partial charge >= 0.3 is 11.9 Å². The van der Waals surface area contributed by atoms with Gasteiger partial charge in [-0.1, -0.05) is 224 Å². The van der Waals surface area contributed by atoms with Crippen molar-refractivity contribution in [3.05, 3.63) is 24.3 Å². The van der Waals surface area contributed by atoms with E-state index in [9.17, 15) is 14.7 Å². The highest BCUT2D eigenvalue weighted by Gasteiger charge is 2.16. The van der Waals surface area contributed by atoms with Crippen LogP contribution in [0, 0.1) is 0 Å². The van der Waals surface area contributed by atoms with Crippen LogP contribution in [0.2, 0.25) is 0 Å². The van der Waals surface area contributed by atoms with E-state index in [1.165, 1.54) is 186 Å². The van der Waals surface area contributed by atoms with Gasteiger partial charge in [0.1, 0.15) is 6.61 Å². The van der Waals surface area contributed by atoms with Crippen LogP contribution >= 0.6 is 0 Å². The van der Waals surface area contributed by atoms with Crippen molar-refractivity contribution in [1.29, 1.82) is 0 Å². The van der Waals surface area contributed by atoms with Crippen molar-refractivity contribution in [3.63, 3.8) is 0 Å². The quantitative estimate of drug-likeness (QED) is 0.0380. The third kappa shape index (κ3) is 43.1. The Morgan fingerprint density at radius 1 is 0.426 bits per heavy atom. The summed E-state index contributed by atoms with van der Waals surface area (Å²) in [6.07, 6.45) is 55.4. The van der Waals surface area contributed by atoms with Gasteiger partial charge in [0, 0.05) is 12.8 Å². The number of hydrogen-bond donors (Lipinski definition) is 1. The SMILES string of the molecule is CCCCCC=CCC=CCCCCCCCCCCCC(=O)OCC(CO)OC(=O)CCCCCCCCCCCCCCCCCCCCCCC. The number of allylic oxidation sites excluding steroid dienone is 4. The van der Waals surface area contributed by atoms with Crippen molar-refractivity contribution in [2.45, 2.75) is 264 Å². The smallest absolute Gasteiger partial charge is 0.306 e. The molecule has 54 heavy (non-hydrogen) atoms. The molecule has 5 nitrogen and oxygen atoms in total. The average Bonchev–Trinajstić information content (AvgIpc) is 3.17. The average molecular weight is 761 g/mol. The lowest BCUT2D eigenvalue weighted by Crippen LogP contribution is -2.28. The predicted octanol–water partition coefficient (Wildman–Crippen LogP) is 15.4. The second kappa shape index (κ2) is 45.8. The topological polar surface area (TPSA) is 72.8 Å². The molecule has 0 fully saturated rings. The van der Waals surface area contributed by atoms with E-state index in [1.54, 1.807) is 0 Å². The molecule has 0 aromatic rings. The van der Waals surface area contributed by atoms with Gasteiger partial charge in [-0.25, -0.2) is 0 Å². The molecular weight excluding hydrogens is 669 g/mol. The van der Waals surface area contributed by atoms with Crippen LogP contribution in [0.25, 0.3) is 0 Å². The largest absolute Gasteiger partial charge is 0.462 e. The zero-order chi connectivity index (χ0) is 39.3. The fourth-order valence-corrected chi connectivity index (χ4v) is 7.12. The van der Waals surface area contributed by atoms with Crippen molar-refractivity contribution in [3.8, 4) is 0 Å². The summed E-state index contributed by atoms with van der Waals surface area (Å²) in [6.45, 7) is 4.15. The maximum atomic E-state index is 12.2. The third-order valence-corrected chi connectivity index (χ3v) is 10.7.